The van der Waals surface area contributed by atoms with Crippen molar-refractivity contribution in [2.24, 2.45) is 0 Å². The Labute approximate surface area is 146 Å². The Morgan fingerprint density at radius 2 is 1.64 bits per heavy atom. The number of carbonyl (C=O) groups excluding carboxylic acids is 1. The van der Waals surface area contributed by atoms with E-state index in [1.165, 1.54) is 12.1 Å². The number of anilines is 1. The molecule has 7 heteroatoms. The summed E-state index contributed by atoms with van der Waals surface area (Å²) in [6.07, 6.45) is -4.91. The average Bonchev–Trinajstić information content (AvgIpc) is 2.97. The lowest BCUT2D eigenvalue weighted by atomic mass is 10.1. The topological polar surface area (TPSA) is 42.0 Å². The molecule has 1 amide bonds. The summed E-state index contributed by atoms with van der Waals surface area (Å²) in [5.41, 5.74) is 2.65. The van der Waals surface area contributed by atoms with Crippen LogP contribution in [0.5, 0.6) is 0 Å². The molecule has 0 radical (unpaired) electrons. The molecule has 3 aromatic rings. The molecule has 3 nitrogen and oxygen atoms in total. The van der Waals surface area contributed by atoms with E-state index >= 15 is 0 Å². The zero-order valence-electron chi connectivity index (χ0n) is 13.1. The lowest BCUT2D eigenvalue weighted by Crippen LogP contribution is -2.29. The van der Waals surface area contributed by atoms with Crippen LogP contribution in [0.4, 0.5) is 18.9 Å². The highest BCUT2D eigenvalue weighted by atomic mass is 32.1. The van der Waals surface area contributed by atoms with E-state index in [1.54, 1.807) is 23.5 Å². The van der Waals surface area contributed by atoms with E-state index in [9.17, 15) is 18.0 Å². The number of alkyl halides is 3. The highest BCUT2D eigenvalue weighted by Crippen LogP contribution is 2.33. The molecule has 0 unspecified atom stereocenters. The maximum Gasteiger partial charge on any atom is 0.471 e. The molecule has 0 aliphatic rings. The van der Waals surface area contributed by atoms with Crippen molar-refractivity contribution in [3.05, 3.63) is 59.5 Å². The van der Waals surface area contributed by atoms with Gasteiger partial charge in [-0.1, -0.05) is 42.5 Å². The van der Waals surface area contributed by atoms with Gasteiger partial charge in [0.2, 0.25) is 0 Å². The van der Waals surface area contributed by atoms with E-state index in [1.807, 2.05) is 42.6 Å². The first-order valence-corrected chi connectivity index (χ1v) is 8.18. The average molecular weight is 362 g/mol. The monoisotopic (exact) mass is 362 g/mol. The van der Waals surface area contributed by atoms with E-state index in [-0.39, 0.29) is 5.69 Å². The zero-order chi connectivity index (χ0) is 18.0. The number of aromatic nitrogens is 1. The van der Waals surface area contributed by atoms with Crippen molar-refractivity contribution in [1.29, 1.82) is 0 Å². The molecule has 0 aliphatic carbocycles. The predicted molar refractivity (Wildman–Crippen MR) is 92.4 cm³/mol. The van der Waals surface area contributed by atoms with Crippen LogP contribution >= 0.6 is 11.3 Å². The summed E-state index contributed by atoms with van der Waals surface area (Å²) in [6.45, 7) is 1.94. The lowest BCUT2D eigenvalue weighted by Gasteiger charge is -2.08. The number of hydrogen-bond donors (Lipinski definition) is 1. The molecule has 0 fully saturated rings. The van der Waals surface area contributed by atoms with Crippen LogP contribution < -0.4 is 5.32 Å². The fourth-order valence-corrected chi connectivity index (χ4v) is 3.22. The zero-order valence-corrected chi connectivity index (χ0v) is 13.9. The van der Waals surface area contributed by atoms with E-state index in [2.05, 4.69) is 4.98 Å². The Morgan fingerprint density at radius 1 is 1.00 bits per heavy atom. The van der Waals surface area contributed by atoms with Crippen LogP contribution in [0.3, 0.4) is 0 Å². The van der Waals surface area contributed by atoms with Gasteiger partial charge in [0.1, 0.15) is 5.01 Å². The van der Waals surface area contributed by atoms with Crippen molar-refractivity contribution >= 4 is 22.9 Å². The van der Waals surface area contributed by atoms with Gasteiger partial charge in [-0.3, -0.25) is 4.79 Å². The van der Waals surface area contributed by atoms with Gasteiger partial charge in [0.25, 0.3) is 0 Å². The minimum atomic E-state index is -4.91. The lowest BCUT2D eigenvalue weighted by molar-refractivity contribution is -0.167. The van der Waals surface area contributed by atoms with Crippen LogP contribution in [0, 0.1) is 6.92 Å². The van der Waals surface area contributed by atoms with Gasteiger partial charge in [0.15, 0.2) is 0 Å². The third-order valence-corrected chi connectivity index (χ3v) is 4.51. The van der Waals surface area contributed by atoms with Gasteiger partial charge in [-0.2, -0.15) is 13.2 Å². The molecule has 25 heavy (non-hydrogen) atoms. The number of halogens is 3. The van der Waals surface area contributed by atoms with Crippen molar-refractivity contribution in [3.8, 4) is 21.8 Å². The van der Waals surface area contributed by atoms with Crippen molar-refractivity contribution in [2.45, 2.75) is 13.1 Å². The molecule has 0 atom stereocenters. The number of hydrogen-bond acceptors (Lipinski definition) is 3. The van der Waals surface area contributed by atoms with Crippen LogP contribution in [0.15, 0.2) is 54.6 Å². The van der Waals surface area contributed by atoms with Crippen LogP contribution in [-0.4, -0.2) is 17.1 Å². The fraction of sp³-hybridized carbons (Fsp3) is 0.111. The van der Waals surface area contributed by atoms with E-state index in [0.717, 1.165) is 26.7 Å². The Balaban J connectivity index is 1.84. The van der Waals surface area contributed by atoms with Crippen LogP contribution in [0.2, 0.25) is 0 Å². The molecular weight excluding hydrogens is 349 g/mol. The van der Waals surface area contributed by atoms with Crippen LogP contribution in [-0.2, 0) is 4.79 Å². The predicted octanol–water partition coefficient (Wildman–Crippen LogP) is 5.29. The minimum Gasteiger partial charge on any atom is -0.318 e. The van der Waals surface area contributed by atoms with Gasteiger partial charge < -0.3 is 5.32 Å². The van der Waals surface area contributed by atoms with Crippen LogP contribution in [0.1, 0.15) is 4.88 Å². The molecule has 0 saturated carbocycles. The SMILES string of the molecule is Cc1sc(-c2ccccc2)nc1-c1ccc(NC(=O)C(F)(F)F)cc1. The normalized spacial score (nSPS) is 11.4. The van der Waals surface area contributed by atoms with E-state index in [4.69, 9.17) is 0 Å². The molecule has 0 bridgehead atoms. The third-order valence-electron chi connectivity index (χ3n) is 3.49. The number of carbonyl (C=O) groups is 1. The van der Waals surface area contributed by atoms with Gasteiger partial charge in [-0.25, -0.2) is 4.98 Å². The highest BCUT2D eigenvalue weighted by Gasteiger charge is 2.38. The summed E-state index contributed by atoms with van der Waals surface area (Å²) < 4.78 is 36.8. The first kappa shape index (κ1) is 17.2. The second kappa shape index (κ2) is 6.68. The van der Waals surface area contributed by atoms with Gasteiger partial charge >= 0.3 is 12.1 Å². The van der Waals surface area contributed by atoms with Crippen molar-refractivity contribution in [1.82, 2.24) is 4.98 Å². The molecular formula is C18H13F3N2OS. The summed E-state index contributed by atoms with van der Waals surface area (Å²) in [5, 5.41) is 2.70. The van der Waals surface area contributed by atoms with Crippen molar-refractivity contribution in [3.63, 3.8) is 0 Å². The molecule has 3 rings (SSSR count). The maximum atomic E-state index is 12.3. The number of nitrogens with one attached hydrogen (secondary N) is 1. The van der Waals surface area contributed by atoms with Gasteiger partial charge in [-0.15, -0.1) is 11.3 Å². The number of thiazole rings is 1. The Kier molecular flexibility index (Phi) is 4.59. The summed E-state index contributed by atoms with van der Waals surface area (Å²) in [4.78, 5) is 16.6. The smallest absolute Gasteiger partial charge is 0.318 e. The summed E-state index contributed by atoms with van der Waals surface area (Å²) in [5.74, 6) is -1.99. The number of aryl methyl sites for hydroxylation is 1. The number of nitrogens with zero attached hydrogens (tertiary/aromatic N) is 1. The number of benzene rings is 2. The molecule has 0 saturated heterocycles. The highest BCUT2D eigenvalue weighted by molar-refractivity contribution is 7.15. The summed E-state index contributed by atoms with van der Waals surface area (Å²) >= 11 is 1.55. The summed E-state index contributed by atoms with van der Waals surface area (Å²) in [6, 6.07) is 15.9. The molecule has 2 aromatic carbocycles. The van der Waals surface area contributed by atoms with Gasteiger partial charge in [0, 0.05) is 21.7 Å². The number of rotatable bonds is 3. The molecule has 1 N–H and O–H groups in total. The Morgan fingerprint density at radius 3 is 2.24 bits per heavy atom. The fourth-order valence-electron chi connectivity index (χ4n) is 2.28. The quantitative estimate of drug-likeness (QED) is 0.688. The Bertz CT molecular complexity index is 887. The largest absolute Gasteiger partial charge is 0.471 e. The standard InChI is InChI=1S/C18H13F3N2OS/c1-11-15(23-16(25-11)13-5-3-2-4-6-13)12-7-9-14(10-8-12)22-17(24)18(19,20)21/h2-10H,1H3,(H,22,24). The molecule has 0 spiro atoms. The van der Waals surface area contributed by atoms with Gasteiger partial charge in [0.05, 0.1) is 5.69 Å². The minimum absolute atomic E-state index is 0.0854. The third kappa shape index (κ3) is 3.88. The van der Waals surface area contributed by atoms with E-state index < -0.39 is 12.1 Å². The molecule has 0 aliphatic heterocycles. The second-order valence-corrected chi connectivity index (χ2v) is 6.52. The summed E-state index contributed by atoms with van der Waals surface area (Å²) in [7, 11) is 0. The van der Waals surface area contributed by atoms with Crippen LogP contribution in [0.25, 0.3) is 21.8 Å². The van der Waals surface area contributed by atoms with Gasteiger partial charge in [-0.05, 0) is 19.1 Å². The van der Waals surface area contributed by atoms with E-state index in [0.29, 0.717) is 0 Å². The molecule has 1 heterocycles. The Hall–Kier alpha value is -2.67. The maximum absolute atomic E-state index is 12.3. The first-order chi connectivity index (χ1) is 11.8. The van der Waals surface area contributed by atoms with Crippen molar-refractivity contribution < 1.29 is 18.0 Å². The first-order valence-electron chi connectivity index (χ1n) is 7.36. The molecule has 128 valence electrons. The second-order valence-electron chi connectivity index (χ2n) is 5.32. The molecule has 1 aromatic heterocycles. The number of amides is 1. The van der Waals surface area contributed by atoms with Crippen molar-refractivity contribution in [2.75, 3.05) is 5.32 Å².